The van der Waals surface area contributed by atoms with E-state index in [1.807, 2.05) is 18.2 Å². The van der Waals surface area contributed by atoms with Crippen LogP contribution in [0.3, 0.4) is 0 Å². The summed E-state index contributed by atoms with van der Waals surface area (Å²) in [6.45, 7) is 1.28. The topological polar surface area (TPSA) is 74.2 Å². The van der Waals surface area contributed by atoms with Gasteiger partial charge in [0.05, 0.1) is 12.1 Å². The van der Waals surface area contributed by atoms with Crippen molar-refractivity contribution in [1.82, 2.24) is 0 Å². The van der Waals surface area contributed by atoms with Crippen LogP contribution >= 0.6 is 11.6 Å². The van der Waals surface area contributed by atoms with Crippen LogP contribution in [0.2, 0.25) is 5.02 Å². The molecular formula is C19H14ClNO5. The highest BCUT2D eigenvalue weighted by Gasteiger charge is 2.24. The lowest BCUT2D eigenvalue weighted by Gasteiger charge is -2.10. The van der Waals surface area contributed by atoms with Crippen LogP contribution in [-0.4, -0.2) is 24.9 Å². The van der Waals surface area contributed by atoms with E-state index in [9.17, 15) is 9.59 Å². The molecule has 0 aliphatic carbocycles. The number of benzene rings is 2. The van der Waals surface area contributed by atoms with E-state index < -0.39 is 11.9 Å². The molecule has 0 aromatic heterocycles. The van der Waals surface area contributed by atoms with Gasteiger partial charge in [0.1, 0.15) is 0 Å². The molecule has 0 N–H and O–H groups in total. The molecule has 0 radical (unpaired) electrons. The lowest BCUT2D eigenvalue weighted by Crippen LogP contribution is -2.05. The molecule has 132 valence electrons. The maximum absolute atomic E-state index is 12.1. The number of carbonyl (C=O) groups is 2. The lowest BCUT2D eigenvalue weighted by atomic mass is 10.1. The molecule has 2 aromatic carbocycles. The third-order valence-electron chi connectivity index (χ3n) is 3.47. The van der Waals surface area contributed by atoms with Crippen molar-refractivity contribution in [3.05, 3.63) is 64.3 Å². The molecule has 6 nitrogen and oxygen atoms in total. The Bertz CT molecular complexity index is 934. The van der Waals surface area contributed by atoms with Crippen LogP contribution in [0.5, 0.6) is 11.5 Å². The van der Waals surface area contributed by atoms with Gasteiger partial charge in [0.15, 0.2) is 17.2 Å². The van der Waals surface area contributed by atoms with E-state index in [0.29, 0.717) is 16.9 Å². The molecule has 0 atom stereocenters. The van der Waals surface area contributed by atoms with Crippen LogP contribution in [0, 0.1) is 0 Å². The van der Waals surface area contributed by atoms with E-state index in [0.717, 1.165) is 0 Å². The monoisotopic (exact) mass is 371 g/mol. The van der Waals surface area contributed by atoms with Gasteiger partial charge >= 0.3 is 11.9 Å². The molecule has 0 saturated carbocycles. The molecule has 1 heterocycles. The van der Waals surface area contributed by atoms with Crippen LogP contribution in [-0.2, 0) is 14.3 Å². The van der Waals surface area contributed by atoms with Crippen molar-refractivity contribution in [1.29, 1.82) is 0 Å². The van der Waals surface area contributed by atoms with Crippen LogP contribution in [0.4, 0.5) is 0 Å². The molecule has 0 bridgehead atoms. The Labute approximate surface area is 154 Å². The molecule has 0 unspecified atom stereocenters. The standard InChI is InChI=1S/C19H14ClNO5/c1-11(22)25-17-10-14(20)13(9-16(17)24-2)8-15-19(23)26-18(21-15)12-6-4-3-5-7-12/h3-10H,1-2H3/b15-8-. The first kappa shape index (κ1) is 17.7. The number of cyclic esters (lactones) is 1. The van der Waals surface area contributed by atoms with Gasteiger partial charge in [-0.05, 0) is 29.8 Å². The second-order valence-corrected chi connectivity index (χ2v) is 5.73. The number of ether oxygens (including phenoxy) is 3. The average Bonchev–Trinajstić information content (AvgIpc) is 2.98. The molecule has 1 aliphatic rings. The summed E-state index contributed by atoms with van der Waals surface area (Å²) < 4.78 is 15.5. The van der Waals surface area contributed by atoms with Gasteiger partial charge in [-0.2, -0.15) is 0 Å². The summed E-state index contributed by atoms with van der Waals surface area (Å²) in [5.41, 5.74) is 1.27. The number of methoxy groups -OCH3 is 1. The predicted molar refractivity (Wildman–Crippen MR) is 96.4 cm³/mol. The molecule has 0 amide bonds. The quantitative estimate of drug-likeness (QED) is 0.466. The fourth-order valence-electron chi connectivity index (χ4n) is 2.32. The summed E-state index contributed by atoms with van der Waals surface area (Å²) in [7, 11) is 1.43. The summed E-state index contributed by atoms with van der Waals surface area (Å²) in [6.07, 6.45) is 1.49. The van der Waals surface area contributed by atoms with Crippen molar-refractivity contribution in [3.63, 3.8) is 0 Å². The van der Waals surface area contributed by atoms with E-state index in [4.69, 9.17) is 25.8 Å². The second-order valence-electron chi connectivity index (χ2n) is 5.32. The van der Waals surface area contributed by atoms with Crippen LogP contribution in [0.1, 0.15) is 18.1 Å². The number of hydrogen-bond acceptors (Lipinski definition) is 6. The molecular weight excluding hydrogens is 358 g/mol. The van der Waals surface area contributed by atoms with Crippen molar-refractivity contribution in [3.8, 4) is 11.5 Å². The van der Waals surface area contributed by atoms with Crippen molar-refractivity contribution in [2.75, 3.05) is 7.11 Å². The van der Waals surface area contributed by atoms with Gasteiger partial charge in [-0.15, -0.1) is 0 Å². The summed E-state index contributed by atoms with van der Waals surface area (Å²) in [5.74, 6) is -0.365. The maximum atomic E-state index is 12.1. The largest absolute Gasteiger partial charge is 0.493 e. The van der Waals surface area contributed by atoms with E-state index in [1.165, 1.54) is 26.2 Å². The number of nitrogens with zero attached hydrogens (tertiary/aromatic N) is 1. The van der Waals surface area contributed by atoms with Gasteiger partial charge in [-0.1, -0.05) is 29.8 Å². The molecule has 26 heavy (non-hydrogen) atoms. The highest BCUT2D eigenvalue weighted by molar-refractivity contribution is 6.32. The number of carbonyl (C=O) groups excluding carboxylic acids is 2. The summed E-state index contributed by atoms with van der Waals surface area (Å²) in [6, 6.07) is 12.1. The molecule has 1 aliphatic heterocycles. The number of aliphatic imine (C=N–C) groups is 1. The number of hydrogen-bond donors (Lipinski definition) is 0. The second kappa shape index (κ2) is 7.41. The molecule has 0 fully saturated rings. The van der Waals surface area contributed by atoms with E-state index in [-0.39, 0.29) is 22.4 Å². The number of rotatable bonds is 4. The van der Waals surface area contributed by atoms with E-state index in [1.54, 1.807) is 18.2 Å². The summed E-state index contributed by atoms with van der Waals surface area (Å²) >= 11 is 6.23. The summed E-state index contributed by atoms with van der Waals surface area (Å²) in [4.78, 5) is 27.5. The predicted octanol–water partition coefficient (Wildman–Crippen LogP) is 3.62. The first-order valence-corrected chi connectivity index (χ1v) is 7.99. The normalized spacial score (nSPS) is 14.8. The summed E-state index contributed by atoms with van der Waals surface area (Å²) in [5, 5.41) is 0.269. The highest BCUT2D eigenvalue weighted by Crippen LogP contribution is 2.35. The van der Waals surface area contributed by atoms with Gasteiger partial charge in [0.2, 0.25) is 5.90 Å². The number of halogens is 1. The Morgan fingerprint density at radius 2 is 1.92 bits per heavy atom. The Morgan fingerprint density at radius 1 is 1.19 bits per heavy atom. The molecule has 0 spiro atoms. The molecule has 0 saturated heterocycles. The van der Waals surface area contributed by atoms with Gasteiger partial charge < -0.3 is 14.2 Å². The minimum atomic E-state index is -0.581. The minimum Gasteiger partial charge on any atom is -0.493 e. The fourth-order valence-corrected chi connectivity index (χ4v) is 2.52. The fraction of sp³-hybridized carbons (Fsp3) is 0.105. The SMILES string of the molecule is COc1cc(/C=C2\N=C(c3ccccc3)OC2=O)c(Cl)cc1OC(C)=O. The average molecular weight is 372 g/mol. The van der Waals surface area contributed by atoms with E-state index >= 15 is 0 Å². The zero-order valence-electron chi connectivity index (χ0n) is 14.0. The zero-order chi connectivity index (χ0) is 18.7. The zero-order valence-corrected chi connectivity index (χ0v) is 14.7. The van der Waals surface area contributed by atoms with Crippen molar-refractivity contribution < 1.29 is 23.8 Å². The van der Waals surface area contributed by atoms with Crippen LogP contribution in [0.25, 0.3) is 6.08 Å². The van der Waals surface area contributed by atoms with Gasteiger partial charge in [-0.3, -0.25) is 4.79 Å². The van der Waals surface area contributed by atoms with Crippen LogP contribution in [0.15, 0.2) is 53.2 Å². The Kier molecular flexibility index (Phi) is 5.04. The lowest BCUT2D eigenvalue weighted by molar-refractivity contribution is -0.132. The molecule has 2 aromatic rings. The highest BCUT2D eigenvalue weighted by atomic mass is 35.5. The van der Waals surface area contributed by atoms with Gasteiger partial charge in [0.25, 0.3) is 0 Å². The van der Waals surface area contributed by atoms with E-state index in [2.05, 4.69) is 4.99 Å². The van der Waals surface area contributed by atoms with Gasteiger partial charge in [0, 0.05) is 18.6 Å². The van der Waals surface area contributed by atoms with Crippen molar-refractivity contribution in [2.24, 2.45) is 4.99 Å². The third-order valence-corrected chi connectivity index (χ3v) is 3.80. The van der Waals surface area contributed by atoms with Gasteiger partial charge in [-0.25, -0.2) is 9.79 Å². The van der Waals surface area contributed by atoms with Crippen molar-refractivity contribution >= 4 is 35.5 Å². The third kappa shape index (κ3) is 3.75. The Hall–Kier alpha value is -3.12. The first-order valence-electron chi connectivity index (χ1n) is 7.62. The Balaban J connectivity index is 1.98. The first-order chi connectivity index (χ1) is 12.5. The maximum Gasteiger partial charge on any atom is 0.363 e. The Morgan fingerprint density at radius 3 is 2.58 bits per heavy atom. The van der Waals surface area contributed by atoms with Crippen molar-refractivity contribution in [2.45, 2.75) is 6.92 Å². The molecule has 7 heteroatoms. The smallest absolute Gasteiger partial charge is 0.363 e. The molecule has 3 rings (SSSR count). The minimum absolute atomic E-state index is 0.105. The van der Waals surface area contributed by atoms with Crippen LogP contribution < -0.4 is 9.47 Å². The number of esters is 2.